The van der Waals surface area contributed by atoms with E-state index in [1.165, 1.54) is 12.1 Å². The predicted molar refractivity (Wildman–Crippen MR) is 113 cm³/mol. The zero-order valence-corrected chi connectivity index (χ0v) is 22.2. The topological polar surface area (TPSA) is 107 Å². The van der Waals surface area contributed by atoms with Crippen LogP contribution in [0.2, 0.25) is 0 Å². The number of hydrogen-bond donors (Lipinski definition) is 1. The molecule has 0 aromatic heterocycles. The summed E-state index contributed by atoms with van der Waals surface area (Å²) in [6, 6.07) is 6.68. The summed E-state index contributed by atoms with van der Waals surface area (Å²) in [6.45, 7) is 2.20. The Hall–Kier alpha value is -1.39. The Morgan fingerprint density at radius 3 is 2.03 bits per heavy atom. The second-order valence-corrected chi connectivity index (χ2v) is 8.01. The summed E-state index contributed by atoms with van der Waals surface area (Å²) in [7, 11) is 4.64. The molecule has 2 aromatic rings. The third kappa shape index (κ3) is 5.75. The minimum absolute atomic E-state index is 0. The van der Waals surface area contributed by atoms with E-state index in [-0.39, 0.29) is 61.3 Å². The average Bonchev–Trinajstić information content (AvgIpc) is 3.27. The van der Waals surface area contributed by atoms with Crippen molar-refractivity contribution in [2.75, 3.05) is 27.9 Å². The summed E-state index contributed by atoms with van der Waals surface area (Å²) >= 11 is -2.56. The molecule has 32 heavy (non-hydrogen) atoms. The van der Waals surface area contributed by atoms with Crippen molar-refractivity contribution < 1.29 is 70.3 Å². The molecule has 1 aliphatic rings. The maximum absolute atomic E-state index is 11.7. The summed E-state index contributed by atoms with van der Waals surface area (Å²) < 4.78 is 51.3. The van der Waals surface area contributed by atoms with Gasteiger partial charge in [0, 0.05) is 0 Å². The van der Waals surface area contributed by atoms with Crippen molar-refractivity contribution in [3.05, 3.63) is 35.4 Å². The molecule has 1 aliphatic heterocycles. The molecule has 1 heterocycles. The molecule has 1 fully saturated rings. The zero-order chi connectivity index (χ0) is 22.5. The van der Waals surface area contributed by atoms with Gasteiger partial charge in [-0.2, -0.15) is 0 Å². The van der Waals surface area contributed by atoms with Gasteiger partial charge in [-0.15, -0.1) is 0 Å². The van der Waals surface area contributed by atoms with Gasteiger partial charge in [-0.05, 0) is 65.7 Å². The molecular formula is C22H27O8SY+2. The number of phenolic OH excluding ortho intramolecular Hbond substituents is 1. The van der Waals surface area contributed by atoms with Crippen molar-refractivity contribution in [1.82, 2.24) is 0 Å². The Kier molecular flexibility index (Phi) is 10.2. The number of hydrogen-bond acceptors (Lipinski definition) is 8. The van der Waals surface area contributed by atoms with Crippen molar-refractivity contribution >= 4 is 11.1 Å². The van der Waals surface area contributed by atoms with Gasteiger partial charge in [0.2, 0.25) is 5.75 Å². The van der Waals surface area contributed by atoms with Gasteiger partial charge in [0.25, 0.3) is 0 Å². The number of ether oxygens (including phenoxy) is 5. The molecule has 10 heteroatoms. The fourth-order valence-corrected chi connectivity index (χ4v) is 4.23. The van der Waals surface area contributed by atoms with Crippen LogP contribution in [-0.2, 0) is 48.5 Å². The molecule has 0 spiro atoms. The molecule has 2 aromatic carbocycles. The summed E-state index contributed by atoms with van der Waals surface area (Å²) in [5.41, 5.74) is 1.44. The molecular weight excluding hydrogens is 513 g/mol. The van der Waals surface area contributed by atoms with Crippen LogP contribution in [-0.4, -0.2) is 41.8 Å². The number of rotatable bonds is 9. The predicted octanol–water partition coefficient (Wildman–Crippen LogP) is 4.04. The molecule has 1 saturated heterocycles. The van der Waals surface area contributed by atoms with Gasteiger partial charge in [-0.1, -0.05) is 6.92 Å². The number of benzene rings is 2. The SMILES string of the molecule is CCCOc1c(O)cc(C2CCC(c3cc(OC)c(OC)c(OC)c3)O2)cc1S(=O)[O-].[Y+3]. The molecule has 8 nitrogen and oxygen atoms in total. The maximum atomic E-state index is 11.7. The van der Waals surface area contributed by atoms with Gasteiger partial charge in [-0.25, -0.2) is 0 Å². The Bertz CT molecular complexity index is 927. The Morgan fingerprint density at radius 2 is 1.56 bits per heavy atom. The minimum Gasteiger partial charge on any atom is -0.768 e. The fraction of sp³-hybridized carbons (Fsp3) is 0.455. The molecule has 3 unspecified atom stereocenters. The molecule has 0 amide bonds. The van der Waals surface area contributed by atoms with E-state index in [1.807, 2.05) is 19.1 Å². The summed E-state index contributed by atoms with van der Waals surface area (Å²) in [6.07, 6.45) is 1.42. The minimum atomic E-state index is -2.56. The average molecular weight is 540 g/mol. The standard InChI is InChI=1S/C22H28O8S.Y/c1-5-8-29-21-15(23)9-13(12-20(21)31(24)25)16-6-7-17(30-16)14-10-18(26-2)22(28-4)19(11-14)27-3;/h9-12,16-17,23H,5-8H2,1-4H3,(H,24,25);/q;+3/p-1. The first-order valence-corrected chi connectivity index (χ1v) is 11.0. The monoisotopic (exact) mass is 540 g/mol. The summed E-state index contributed by atoms with van der Waals surface area (Å²) in [4.78, 5) is -0.0803. The van der Waals surface area contributed by atoms with Crippen molar-refractivity contribution in [3.63, 3.8) is 0 Å². The first kappa shape index (κ1) is 26.9. The van der Waals surface area contributed by atoms with E-state index >= 15 is 0 Å². The van der Waals surface area contributed by atoms with Crippen molar-refractivity contribution in [2.45, 2.75) is 43.3 Å². The van der Waals surface area contributed by atoms with Crippen molar-refractivity contribution in [2.24, 2.45) is 0 Å². The van der Waals surface area contributed by atoms with Crippen LogP contribution in [0.5, 0.6) is 28.7 Å². The van der Waals surface area contributed by atoms with E-state index in [0.717, 1.165) is 5.56 Å². The molecule has 170 valence electrons. The normalized spacial score (nSPS) is 18.5. The molecule has 0 bridgehead atoms. The second-order valence-electron chi connectivity index (χ2n) is 7.10. The first-order chi connectivity index (χ1) is 14.9. The van der Waals surface area contributed by atoms with Crippen LogP contribution in [0.25, 0.3) is 0 Å². The smallest absolute Gasteiger partial charge is 0.768 e. The third-order valence-corrected chi connectivity index (χ3v) is 5.80. The van der Waals surface area contributed by atoms with Crippen LogP contribution in [0.1, 0.15) is 49.5 Å². The third-order valence-electron chi connectivity index (χ3n) is 5.14. The van der Waals surface area contributed by atoms with E-state index in [0.29, 0.717) is 48.7 Å². The van der Waals surface area contributed by atoms with E-state index in [4.69, 9.17) is 23.7 Å². The van der Waals surface area contributed by atoms with Crippen LogP contribution >= 0.6 is 0 Å². The van der Waals surface area contributed by atoms with Crippen LogP contribution in [0.4, 0.5) is 0 Å². The zero-order valence-electron chi connectivity index (χ0n) is 18.6. The molecule has 0 aliphatic carbocycles. The number of methoxy groups -OCH3 is 3. The molecule has 0 saturated carbocycles. The van der Waals surface area contributed by atoms with Gasteiger partial charge in [-0.3, -0.25) is 4.21 Å². The van der Waals surface area contributed by atoms with Crippen LogP contribution in [0.3, 0.4) is 0 Å². The molecule has 1 N–H and O–H groups in total. The Morgan fingerprint density at radius 1 is 1.00 bits per heavy atom. The second kappa shape index (κ2) is 12.2. The van der Waals surface area contributed by atoms with E-state index in [9.17, 15) is 13.9 Å². The van der Waals surface area contributed by atoms with Crippen LogP contribution in [0.15, 0.2) is 29.2 Å². The van der Waals surface area contributed by atoms with Crippen molar-refractivity contribution in [3.8, 4) is 28.7 Å². The van der Waals surface area contributed by atoms with Crippen LogP contribution < -0.4 is 18.9 Å². The van der Waals surface area contributed by atoms with Gasteiger partial charge >= 0.3 is 32.7 Å². The number of phenols is 1. The van der Waals surface area contributed by atoms with E-state index in [2.05, 4.69) is 0 Å². The van der Waals surface area contributed by atoms with Gasteiger partial charge in [0.1, 0.15) is 0 Å². The Balaban J connectivity index is 0.00000363. The van der Waals surface area contributed by atoms with Crippen molar-refractivity contribution in [1.29, 1.82) is 0 Å². The van der Waals surface area contributed by atoms with Gasteiger partial charge < -0.3 is 33.3 Å². The molecule has 3 rings (SSSR count). The van der Waals surface area contributed by atoms with E-state index < -0.39 is 11.1 Å². The van der Waals surface area contributed by atoms with E-state index in [1.54, 1.807) is 21.3 Å². The fourth-order valence-electron chi connectivity index (χ4n) is 3.68. The Labute approximate surface area is 215 Å². The molecule has 3 atom stereocenters. The summed E-state index contributed by atoms with van der Waals surface area (Å²) in [5, 5.41) is 10.4. The number of aromatic hydroxyl groups is 1. The van der Waals surface area contributed by atoms with Gasteiger partial charge in [0.15, 0.2) is 23.0 Å². The molecule has 0 radical (unpaired) electrons. The van der Waals surface area contributed by atoms with Crippen LogP contribution in [0, 0.1) is 0 Å². The first-order valence-electron chi connectivity index (χ1n) is 9.97. The van der Waals surface area contributed by atoms with Gasteiger partial charge in [0.05, 0.1) is 45.0 Å². The maximum Gasteiger partial charge on any atom is 3.00 e. The quantitative estimate of drug-likeness (QED) is 0.476. The largest absolute Gasteiger partial charge is 3.00 e. The summed E-state index contributed by atoms with van der Waals surface area (Å²) in [5.74, 6) is 1.31.